The van der Waals surface area contributed by atoms with E-state index in [0.29, 0.717) is 10.6 Å². The van der Waals surface area contributed by atoms with Crippen molar-refractivity contribution in [1.29, 1.82) is 0 Å². The molecule has 0 saturated heterocycles. The van der Waals surface area contributed by atoms with Crippen molar-refractivity contribution in [3.63, 3.8) is 0 Å². The van der Waals surface area contributed by atoms with Crippen LogP contribution in [0.2, 0.25) is 0 Å². The maximum absolute atomic E-state index is 13.1. The third-order valence-electron chi connectivity index (χ3n) is 1.55. The molecule has 0 saturated carbocycles. The summed E-state index contributed by atoms with van der Waals surface area (Å²) in [7, 11) is 0. The van der Waals surface area contributed by atoms with Gasteiger partial charge in [-0.2, -0.15) is 0 Å². The van der Waals surface area contributed by atoms with Crippen molar-refractivity contribution >= 4 is 11.3 Å². The molecular weight excluding hydrogens is 192 g/mol. The second-order valence-electron chi connectivity index (χ2n) is 2.41. The van der Waals surface area contributed by atoms with E-state index in [9.17, 15) is 8.78 Å². The number of halogens is 2. The molecule has 1 radical (unpaired) electrons. The molecule has 0 amide bonds. The lowest BCUT2D eigenvalue weighted by atomic mass is 10.2. The highest BCUT2D eigenvalue weighted by Crippen LogP contribution is 2.24. The van der Waals surface area contributed by atoms with Gasteiger partial charge in [0.15, 0.2) is 0 Å². The average Bonchev–Trinajstić information content (AvgIpc) is 2.56. The van der Waals surface area contributed by atoms with E-state index in [2.05, 4.69) is 11.2 Å². The van der Waals surface area contributed by atoms with Crippen molar-refractivity contribution in [2.75, 3.05) is 0 Å². The number of hydrogen-bond donors (Lipinski definition) is 0. The fourth-order valence-electron chi connectivity index (χ4n) is 0.980. The van der Waals surface area contributed by atoms with Gasteiger partial charge in [-0.1, -0.05) is 0 Å². The SMILES string of the molecule is Fc1ccc(-c2n[c]cs2)c(F)c1. The highest BCUT2D eigenvalue weighted by atomic mass is 32.1. The van der Waals surface area contributed by atoms with Gasteiger partial charge < -0.3 is 0 Å². The molecule has 1 aromatic heterocycles. The second-order valence-corrected chi connectivity index (χ2v) is 3.26. The summed E-state index contributed by atoms with van der Waals surface area (Å²) in [5.41, 5.74) is 0.313. The van der Waals surface area contributed by atoms with Crippen LogP contribution in [0.25, 0.3) is 10.6 Å². The molecule has 1 nitrogen and oxygen atoms in total. The van der Waals surface area contributed by atoms with Crippen LogP contribution in [0.1, 0.15) is 0 Å². The van der Waals surface area contributed by atoms with E-state index in [0.717, 1.165) is 6.07 Å². The minimum absolute atomic E-state index is 0.313. The minimum Gasteiger partial charge on any atom is -0.234 e. The van der Waals surface area contributed by atoms with Gasteiger partial charge in [-0.05, 0) is 12.1 Å². The predicted octanol–water partition coefficient (Wildman–Crippen LogP) is 2.89. The van der Waals surface area contributed by atoms with Crippen molar-refractivity contribution in [3.05, 3.63) is 41.4 Å². The van der Waals surface area contributed by atoms with E-state index in [1.165, 1.54) is 23.5 Å². The van der Waals surface area contributed by atoms with Crippen LogP contribution >= 0.6 is 11.3 Å². The third-order valence-corrected chi connectivity index (χ3v) is 2.31. The molecule has 0 aliphatic rings. The van der Waals surface area contributed by atoms with Crippen LogP contribution in [0, 0.1) is 17.8 Å². The molecule has 65 valence electrons. The molecule has 4 heteroatoms. The average molecular weight is 196 g/mol. The highest BCUT2D eigenvalue weighted by Gasteiger charge is 2.07. The molecule has 0 unspecified atom stereocenters. The van der Waals surface area contributed by atoms with Gasteiger partial charge in [0.1, 0.15) is 22.8 Å². The largest absolute Gasteiger partial charge is 0.234 e. The second kappa shape index (κ2) is 3.22. The Morgan fingerprint density at radius 3 is 2.77 bits per heavy atom. The third kappa shape index (κ3) is 1.58. The summed E-state index contributed by atoms with van der Waals surface area (Å²) >= 11 is 1.27. The molecule has 0 spiro atoms. The first-order chi connectivity index (χ1) is 6.27. The highest BCUT2D eigenvalue weighted by molar-refractivity contribution is 7.13. The van der Waals surface area contributed by atoms with Crippen LogP contribution in [0.4, 0.5) is 8.78 Å². The molecule has 1 heterocycles. The maximum Gasteiger partial charge on any atom is 0.136 e. The number of aromatic nitrogens is 1. The standard InChI is InChI=1S/C9H4F2NS/c10-6-1-2-7(8(11)5-6)9-12-3-4-13-9/h1-2,4-5H. The molecule has 0 aliphatic heterocycles. The van der Waals surface area contributed by atoms with Crippen LogP contribution in [0.15, 0.2) is 23.6 Å². The molecule has 13 heavy (non-hydrogen) atoms. The van der Waals surface area contributed by atoms with Gasteiger partial charge in [-0.15, -0.1) is 11.3 Å². The summed E-state index contributed by atoms with van der Waals surface area (Å²) < 4.78 is 25.7. The summed E-state index contributed by atoms with van der Waals surface area (Å²) in [6.07, 6.45) is 2.58. The Morgan fingerprint density at radius 1 is 1.31 bits per heavy atom. The van der Waals surface area contributed by atoms with Gasteiger partial charge >= 0.3 is 0 Å². The van der Waals surface area contributed by atoms with Crippen molar-refractivity contribution < 1.29 is 8.78 Å². The van der Waals surface area contributed by atoms with E-state index < -0.39 is 11.6 Å². The molecular formula is C9H4F2NS. The van der Waals surface area contributed by atoms with Crippen LogP contribution in [0.5, 0.6) is 0 Å². The van der Waals surface area contributed by atoms with Crippen molar-refractivity contribution in [1.82, 2.24) is 4.98 Å². The molecule has 2 rings (SSSR count). The zero-order valence-electron chi connectivity index (χ0n) is 6.42. The molecule has 0 atom stereocenters. The van der Waals surface area contributed by atoms with Gasteiger partial charge in [0.25, 0.3) is 0 Å². The van der Waals surface area contributed by atoms with Crippen LogP contribution in [-0.4, -0.2) is 4.98 Å². The van der Waals surface area contributed by atoms with Gasteiger partial charge in [-0.3, -0.25) is 0 Å². The van der Waals surface area contributed by atoms with Crippen LogP contribution in [0.3, 0.4) is 0 Å². The Bertz CT molecular complexity index is 412. The van der Waals surface area contributed by atoms with Crippen LogP contribution < -0.4 is 0 Å². The van der Waals surface area contributed by atoms with Crippen molar-refractivity contribution in [2.24, 2.45) is 0 Å². The fraction of sp³-hybridized carbons (Fsp3) is 0. The molecule has 0 N–H and O–H groups in total. The van der Waals surface area contributed by atoms with E-state index in [1.54, 1.807) is 5.38 Å². The quantitative estimate of drug-likeness (QED) is 0.683. The summed E-state index contributed by atoms with van der Waals surface area (Å²) in [6.45, 7) is 0. The lowest BCUT2D eigenvalue weighted by Crippen LogP contribution is -1.84. The van der Waals surface area contributed by atoms with Gasteiger partial charge in [0, 0.05) is 17.0 Å². The van der Waals surface area contributed by atoms with E-state index >= 15 is 0 Å². The van der Waals surface area contributed by atoms with E-state index in [1.807, 2.05) is 0 Å². The van der Waals surface area contributed by atoms with Gasteiger partial charge in [0.2, 0.25) is 0 Å². The summed E-state index contributed by atoms with van der Waals surface area (Å²) in [5.74, 6) is -1.18. The zero-order valence-corrected chi connectivity index (χ0v) is 7.24. The monoisotopic (exact) mass is 196 g/mol. The first kappa shape index (κ1) is 8.31. The predicted molar refractivity (Wildman–Crippen MR) is 46.3 cm³/mol. The maximum atomic E-state index is 13.1. The Hall–Kier alpha value is -1.29. The number of thiazole rings is 1. The van der Waals surface area contributed by atoms with Crippen molar-refractivity contribution in [2.45, 2.75) is 0 Å². The Kier molecular flexibility index (Phi) is 2.06. The summed E-state index contributed by atoms with van der Waals surface area (Å²) in [5, 5.41) is 2.13. The summed E-state index contributed by atoms with van der Waals surface area (Å²) in [6, 6.07) is 3.42. The number of hydrogen-bond acceptors (Lipinski definition) is 2. The fourth-order valence-corrected chi connectivity index (χ4v) is 1.60. The Balaban J connectivity index is 2.53. The van der Waals surface area contributed by atoms with E-state index in [4.69, 9.17) is 0 Å². The lowest BCUT2D eigenvalue weighted by Gasteiger charge is -1.97. The topological polar surface area (TPSA) is 12.9 Å². The van der Waals surface area contributed by atoms with Gasteiger partial charge in [0.05, 0.1) is 0 Å². The van der Waals surface area contributed by atoms with E-state index in [-0.39, 0.29) is 0 Å². The summed E-state index contributed by atoms with van der Waals surface area (Å²) in [4.78, 5) is 3.81. The first-order valence-corrected chi connectivity index (χ1v) is 4.42. The lowest BCUT2D eigenvalue weighted by molar-refractivity contribution is 0.585. The molecule has 0 aliphatic carbocycles. The number of benzene rings is 1. The van der Waals surface area contributed by atoms with Crippen LogP contribution in [-0.2, 0) is 0 Å². The minimum atomic E-state index is -0.594. The Labute approximate surface area is 77.7 Å². The molecule has 1 aromatic carbocycles. The molecule has 0 fully saturated rings. The molecule has 0 bridgehead atoms. The Morgan fingerprint density at radius 2 is 2.15 bits per heavy atom. The van der Waals surface area contributed by atoms with Gasteiger partial charge in [-0.25, -0.2) is 13.8 Å². The number of rotatable bonds is 1. The number of nitrogens with zero attached hydrogens (tertiary/aromatic N) is 1. The molecule has 2 aromatic rings. The smallest absolute Gasteiger partial charge is 0.136 e. The normalized spacial score (nSPS) is 10.3. The first-order valence-electron chi connectivity index (χ1n) is 3.54. The zero-order chi connectivity index (χ0) is 9.26. The van der Waals surface area contributed by atoms with Crippen molar-refractivity contribution in [3.8, 4) is 10.6 Å².